The fraction of sp³-hybridized carbons (Fsp3) is 0.417. The highest BCUT2D eigenvalue weighted by Gasteiger charge is 2.23. The summed E-state index contributed by atoms with van der Waals surface area (Å²) in [4.78, 5) is 10.9. The van der Waals surface area contributed by atoms with E-state index >= 15 is 0 Å². The molecular formula is C12H16BrNO5S. The van der Waals surface area contributed by atoms with E-state index in [1.807, 2.05) is 0 Å². The summed E-state index contributed by atoms with van der Waals surface area (Å²) in [7, 11) is -3.90. The van der Waals surface area contributed by atoms with Crippen LogP contribution in [-0.2, 0) is 10.0 Å². The van der Waals surface area contributed by atoms with E-state index in [0.29, 0.717) is 16.5 Å². The average molecular weight is 366 g/mol. The molecule has 112 valence electrons. The van der Waals surface area contributed by atoms with Crippen LogP contribution in [0, 0.1) is 6.92 Å². The molecule has 20 heavy (non-hydrogen) atoms. The number of carboxylic acids is 1. The Hall–Kier alpha value is -0.960. The third kappa shape index (κ3) is 3.78. The standard InChI is InChI=1S/C12H16BrNO5S/c1-3-9(6-15)14-20(18,19)11-5-8(12(16)17)4-10(13)7(11)2/h4-5,9,14-15H,3,6H2,1-2H3,(H,16,17). The van der Waals surface area contributed by atoms with E-state index in [-0.39, 0.29) is 17.1 Å². The van der Waals surface area contributed by atoms with Crippen LogP contribution in [-0.4, -0.2) is 37.2 Å². The molecule has 1 unspecified atom stereocenters. The van der Waals surface area contributed by atoms with Crippen LogP contribution >= 0.6 is 15.9 Å². The van der Waals surface area contributed by atoms with Crippen molar-refractivity contribution in [2.45, 2.75) is 31.2 Å². The van der Waals surface area contributed by atoms with Crippen LogP contribution in [0.25, 0.3) is 0 Å². The molecule has 0 aliphatic rings. The van der Waals surface area contributed by atoms with Gasteiger partial charge in [-0.15, -0.1) is 0 Å². The highest BCUT2D eigenvalue weighted by atomic mass is 79.9. The van der Waals surface area contributed by atoms with Crippen molar-refractivity contribution in [2.24, 2.45) is 0 Å². The number of halogens is 1. The van der Waals surface area contributed by atoms with Crippen LogP contribution in [0.5, 0.6) is 0 Å². The van der Waals surface area contributed by atoms with Gasteiger partial charge in [-0.25, -0.2) is 17.9 Å². The summed E-state index contributed by atoms with van der Waals surface area (Å²) < 4.78 is 27.3. The molecule has 0 spiro atoms. The van der Waals surface area contributed by atoms with Crippen molar-refractivity contribution >= 4 is 31.9 Å². The summed E-state index contributed by atoms with van der Waals surface area (Å²) in [6, 6.07) is 1.85. The molecule has 8 heteroatoms. The van der Waals surface area contributed by atoms with Crippen LogP contribution in [0.1, 0.15) is 29.3 Å². The number of rotatable bonds is 6. The Kier molecular flexibility index (Phi) is 5.69. The Morgan fingerprint density at radius 1 is 1.45 bits per heavy atom. The van der Waals surface area contributed by atoms with Crippen molar-refractivity contribution < 1.29 is 23.4 Å². The molecule has 1 aromatic rings. The molecule has 0 saturated carbocycles. The average Bonchev–Trinajstić information content (AvgIpc) is 2.38. The fourth-order valence-corrected chi connectivity index (χ4v) is 3.78. The summed E-state index contributed by atoms with van der Waals surface area (Å²) in [6.07, 6.45) is 0.425. The van der Waals surface area contributed by atoms with E-state index in [0.717, 1.165) is 6.07 Å². The lowest BCUT2D eigenvalue weighted by atomic mass is 10.1. The SMILES string of the molecule is CCC(CO)NS(=O)(=O)c1cc(C(=O)O)cc(Br)c1C. The van der Waals surface area contributed by atoms with Gasteiger partial charge in [-0.05, 0) is 31.0 Å². The molecule has 0 aliphatic heterocycles. The smallest absolute Gasteiger partial charge is 0.335 e. The maximum atomic E-state index is 12.3. The van der Waals surface area contributed by atoms with Gasteiger partial charge in [0, 0.05) is 10.5 Å². The number of carboxylic acid groups (broad SMARTS) is 1. The third-order valence-corrected chi connectivity index (χ3v) is 5.34. The first-order valence-electron chi connectivity index (χ1n) is 5.89. The van der Waals surface area contributed by atoms with Crippen molar-refractivity contribution in [3.05, 3.63) is 27.7 Å². The maximum absolute atomic E-state index is 12.3. The Balaban J connectivity index is 3.34. The van der Waals surface area contributed by atoms with Gasteiger partial charge >= 0.3 is 5.97 Å². The molecular weight excluding hydrogens is 350 g/mol. The molecule has 0 aliphatic carbocycles. The number of benzene rings is 1. The van der Waals surface area contributed by atoms with Gasteiger partial charge in [0.1, 0.15) is 0 Å². The lowest BCUT2D eigenvalue weighted by Crippen LogP contribution is -2.37. The molecule has 0 fully saturated rings. The third-order valence-electron chi connectivity index (χ3n) is 2.87. The molecule has 0 bridgehead atoms. The first-order chi connectivity index (χ1) is 9.22. The second-order valence-corrected chi connectivity index (χ2v) is 6.83. The summed E-state index contributed by atoms with van der Waals surface area (Å²) in [5.74, 6) is -1.21. The topological polar surface area (TPSA) is 104 Å². The number of aromatic carboxylic acids is 1. The molecule has 3 N–H and O–H groups in total. The number of sulfonamides is 1. The molecule has 0 saturated heterocycles. The lowest BCUT2D eigenvalue weighted by Gasteiger charge is -2.16. The monoisotopic (exact) mass is 365 g/mol. The van der Waals surface area contributed by atoms with Crippen molar-refractivity contribution in [1.82, 2.24) is 4.72 Å². The van der Waals surface area contributed by atoms with E-state index < -0.39 is 22.0 Å². The Bertz CT molecular complexity index is 611. The van der Waals surface area contributed by atoms with Gasteiger partial charge in [-0.3, -0.25) is 0 Å². The summed E-state index contributed by atoms with van der Waals surface area (Å²) in [5.41, 5.74) is 0.287. The molecule has 0 heterocycles. The van der Waals surface area contributed by atoms with Crippen LogP contribution in [0.15, 0.2) is 21.5 Å². The Labute approximate surface area is 126 Å². The minimum Gasteiger partial charge on any atom is -0.478 e. The molecule has 1 aromatic carbocycles. The maximum Gasteiger partial charge on any atom is 0.335 e. The Morgan fingerprint density at radius 3 is 2.50 bits per heavy atom. The molecule has 0 amide bonds. The zero-order valence-electron chi connectivity index (χ0n) is 11.1. The van der Waals surface area contributed by atoms with Gasteiger partial charge in [0.2, 0.25) is 10.0 Å². The predicted octanol–water partition coefficient (Wildman–Crippen LogP) is 1.50. The van der Waals surface area contributed by atoms with E-state index in [2.05, 4.69) is 20.7 Å². The van der Waals surface area contributed by atoms with Gasteiger partial charge in [0.25, 0.3) is 0 Å². The van der Waals surface area contributed by atoms with Crippen molar-refractivity contribution in [1.29, 1.82) is 0 Å². The van der Waals surface area contributed by atoms with Crippen LogP contribution < -0.4 is 4.72 Å². The van der Waals surface area contributed by atoms with E-state index in [9.17, 15) is 13.2 Å². The molecule has 0 radical (unpaired) electrons. The van der Waals surface area contributed by atoms with Crippen LogP contribution in [0.4, 0.5) is 0 Å². The van der Waals surface area contributed by atoms with Gasteiger partial charge < -0.3 is 10.2 Å². The normalized spacial score (nSPS) is 13.2. The second-order valence-electron chi connectivity index (χ2n) is 4.30. The summed E-state index contributed by atoms with van der Waals surface area (Å²) >= 11 is 3.15. The number of hydrogen-bond acceptors (Lipinski definition) is 4. The molecule has 1 rings (SSSR count). The zero-order chi connectivity index (χ0) is 15.5. The highest BCUT2D eigenvalue weighted by molar-refractivity contribution is 9.10. The first kappa shape index (κ1) is 17.1. The van der Waals surface area contributed by atoms with Crippen LogP contribution in [0.2, 0.25) is 0 Å². The van der Waals surface area contributed by atoms with Gasteiger partial charge in [0.15, 0.2) is 0 Å². The minimum absolute atomic E-state index is 0.115. The highest BCUT2D eigenvalue weighted by Crippen LogP contribution is 2.26. The van der Waals surface area contributed by atoms with Crippen molar-refractivity contribution in [3.63, 3.8) is 0 Å². The van der Waals surface area contributed by atoms with E-state index in [1.54, 1.807) is 13.8 Å². The van der Waals surface area contributed by atoms with Gasteiger partial charge in [-0.2, -0.15) is 0 Å². The molecule has 1 atom stereocenters. The van der Waals surface area contributed by atoms with Crippen molar-refractivity contribution in [2.75, 3.05) is 6.61 Å². The first-order valence-corrected chi connectivity index (χ1v) is 8.17. The number of aliphatic hydroxyl groups excluding tert-OH is 1. The van der Waals surface area contributed by atoms with Gasteiger partial charge in [-0.1, -0.05) is 22.9 Å². The molecule has 6 nitrogen and oxygen atoms in total. The van der Waals surface area contributed by atoms with Crippen molar-refractivity contribution in [3.8, 4) is 0 Å². The number of carbonyl (C=O) groups is 1. The lowest BCUT2D eigenvalue weighted by molar-refractivity contribution is 0.0696. The summed E-state index contributed by atoms with van der Waals surface area (Å²) in [5, 5.41) is 18.1. The fourth-order valence-electron chi connectivity index (χ4n) is 1.59. The van der Waals surface area contributed by atoms with Gasteiger partial charge in [0.05, 0.1) is 17.1 Å². The number of hydrogen-bond donors (Lipinski definition) is 3. The number of nitrogens with one attached hydrogen (secondary N) is 1. The summed E-state index contributed by atoms with van der Waals surface area (Å²) in [6.45, 7) is 2.98. The predicted molar refractivity (Wildman–Crippen MR) is 77.3 cm³/mol. The van der Waals surface area contributed by atoms with E-state index in [4.69, 9.17) is 10.2 Å². The zero-order valence-corrected chi connectivity index (χ0v) is 13.5. The Morgan fingerprint density at radius 2 is 2.05 bits per heavy atom. The minimum atomic E-state index is -3.90. The second kappa shape index (κ2) is 6.66. The molecule has 0 aromatic heterocycles. The van der Waals surface area contributed by atoms with Crippen LogP contribution in [0.3, 0.4) is 0 Å². The van der Waals surface area contributed by atoms with E-state index in [1.165, 1.54) is 6.07 Å². The largest absolute Gasteiger partial charge is 0.478 e. The quantitative estimate of drug-likeness (QED) is 0.708. The number of aliphatic hydroxyl groups is 1.